The Labute approximate surface area is 137 Å². The average molecular weight is 323 g/mol. The fraction of sp³-hybridized carbons (Fsp3) is 0.588. The second-order valence-electron chi connectivity index (χ2n) is 5.75. The predicted octanol–water partition coefficient (Wildman–Crippen LogP) is 2.06. The molecule has 23 heavy (non-hydrogen) atoms. The third-order valence-corrected chi connectivity index (χ3v) is 4.20. The SMILES string of the molecule is COc1cc(OC)c(C2CCN(C)CC2OC(C)=O)c(OC)c1. The lowest BCUT2D eigenvalue weighted by atomic mass is 9.85. The summed E-state index contributed by atoms with van der Waals surface area (Å²) < 4.78 is 22.0. The van der Waals surface area contributed by atoms with Gasteiger partial charge in [-0.2, -0.15) is 0 Å². The molecule has 6 nitrogen and oxygen atoms in total. The number of likely N-dealkylation sites (N-methyl/N-ethyl adjacent to an activating group) is 1. The molecule has 0 spiro atoms. The van der Waals surface area contributed by atoms with Gasteiger partial charge in [-0.05, 0) is 20.0 Å². The predicted molar refractivity (Wildman–Crippen MR) is 86.5 cm³/mol. The first-order valence-corrected chi connectivity index (χ1v) is 7.65. The molecule has 0 aliphatic carbocycles. The first-order chi connectivity index (χ1) is 11.0. The Bertz CT molecular complexity index is 535. The van der Waals surface area contributed by atoms with E-state index in [0.29, 0.717) is 23.8 Å². The molecule has 1 aromatic carbocycles. The van der Waals surface area contributed by atoms with Crippen molar-refractivity contribution in [1.82, 2.24) is 4.90 Å². The maximum Gasteiger partial charge on any atom is 0.302 e. The lowest BCUT2D eigenvalue weighted by Gasteiger charge is -2.37. The average Bonchev–Trinajstić information content (AvgIpc) is 2.53. The number of likely N-dealkylation sites (tertiary alicyclic amines) is 1. The van der Waals surface area contributed by atoms with Gasteiger partial charge in [0, 0.05) is 37.1 Å². The maximum absolute atomic E-state index is 11.5. The van der Waals surface area contributed by atoms with Crippen molar-refractivity contribution in [3.05, 3.63) is 17.7 Å². The largest absolute Gasteiger partial charge is 0.496 e. The van der Waals surface area contributed by atoms with E-state index in [2.05, 4.69) is 4.90 Å². The molecular weight excluding hydrogens is 298 g/mol. The molecule has 1 aliphatic rings. The van der Waals surface area contributed by atoms with Crippen LogP contribution < -0.4 is 14.2 Å². The Kier molecular flexibility index (Phi) is 5.71. The van der Waals surface area contributed by atoms with Crippen molar-refractivity contribution in [3.63, 3.8) is 0 Å². The van der Waals surface area contributed by atoms with Crippen LogP contribution in [0.5, 0.6) is 17.2 Å². The molecule has 0 N–H and O–H groups in total. The van der Waals surface area contributed by atoms with E-state index in [1.165, 1.54) is 6.92 Å². The highest BCUT2D eigenvalue weighted by molar-refractivity contribution is 5.66. The number of hydrogen-bond acceptors (Lipinski definition) is 6. The first-order valence-electron chi connectivity index (χ1n) is 7.65. The van der Waals surface area contributed by atoms with Gasteiger partial charge in [0.1, 0.15) is 23.4 Å². The Balaban J connectivity index is 2.46. The van der Waals surface area contributed by atoms with Crippen molar-refractivity contribution in [2.24, 2.45) is 0 Å². The lowest BCUT2D eigenvalue weighted by molar-refractivity contribution is -0.149. The van der Waals surface area contributed by atoms with Crippen molar-refractivity contribution in [1.29, 1.82) is 0 Å². The van der Waals surface area contributed by atoms with Crippen molar-refractivity contribution >= 4 is 5.97 Å². The monoisotopic (exact) mass is 323 g/mol. The van der Waals surface area contributed by atoms with Crippen molar-refractivity contribution in [2.45, 2.75) is 25.4 Å². The highest BCUT2D eigenvalue weighted by atomic mass is 16.5. The number of ether oxygens (including phenoxy) is 4. The maximum atomic E-state index is 11.5. The highest BCUT2D eigenvalue weighted by Gasteiger charge is 2.35. The second kappa shape index (κ2) is 7.55. The van der Waals surface area contributed by atoms with Crippen LogP contribution in [0.1, 0.15) is 24.8 Å². The lowest BCUT2D eigenvalue weighted by Crippen LogP contribution is -2.43. The minimum absolute atomic E-state index is 0.0194. The van der Waals surface area contributed by atoms with Crippen LogP contribution in [0.25, 0.3) is 0 Å². The Morgan fingerprint density at radius 3 is 2.22 bits per heavy atom. The van der Waals surface area contributed by atoms with Crippen LogP contribution in [0.3, 0.4) is 0 Å². The molecule has 0 radical (unpaired) electrons. The van der Waals surface area contributed by atoms with Gasteiger partial charge < -0.3 is 23.8 Å². The molecule has 1 aromatic rings. The third kappa shape index (κ3) is 3.88. The van der Waals surface area contributed by atoms with Crippen LogP contribution in [0, 0.1) is 0 Å². The van der Waals surface area contributed by atoms with Gasteiger partial charge in [0.15, 0.2) is 0 Å². The highest BCUT2D eigenvalue weighted by Crippen LogP contribution is 2.43. The van der Waals surface area contributed by atoms with E-state index in [4.69, 9.17) is 18.9 Å². The molecule has 2 rings (SSSR count). The van der Waals surface area contributed by atoms with Gasteiger partial charge in [-0.3, -0.25) is 4.79 Å². The van der Waals surface area contributed by atoms with E-state index in [-0.39, 0.29) is 18.0 Å². The van der Waals surface area contributed by atoms with E-state index in [0.717, 1.165) is 18.5 Å². The van der Waals surface area contributed by atoms with Crippen LogP contribution in [0.4, 0.5) is 0 Å². The third-order valence-electron chi connectivity index (χ3n) is 4.20. The molecule has 1 aliphatic heterocycles. The van der Waals surface area contributed by atoms with Gasteiger partial charge in [-0.1, -0.05) is 0 Å². The number of piperidine rings is 1. The second-order valence-corrected chi connectivity index (χ2v) is 5.75. The molecule has 1 heterocycles. The van der Waals surface area contributed by atoms with E-state index in [1.54, 1.807) is 21.3 Å². The number of carbonyl (C=O) groups is 1. The smallest absolute Gasteiger partial charge is 0.302 e. The number of methoxy groups -OCH3 is 3. The molecule has 128 valence electrons. The van der Waals surface area contributed by atoms with Crippen LogP contribution in [-0.4, -0.2) is 58.4 Å². The number of esters is 1. The van der Waals surface area contributed by atoms with E-state index < -0.39 is 0 Å². The van der Waals surface area contributed by atoms with Crippen molar-refractivity contribution in [3.8, 4) is 17.2 Å². The summed E-state index contributed by atoms with van der Waals surface area (Å²) >= 11 is 0. The normalized spacial score (nSPS) is 21.6. The number of rotatable bonds is 5. The Morgan fingerprint density at radius 2 is 1.74 bits per heavy atom. The van der Waals surface area contributed by atoms with Crippen LogP contribution >= 0.6 is 0 Å². The Morgan fingerprint density at radius 1 is 1.13 bits per heavy atom. The molecule has 1 saturated heterocycles. The summed E-state index contributed by atoms with van der Waals surface area (Å²) in [4.78, 5) is 13.6. The molecule has 2 atom stereocenters. The molecule has 0 aromatic heterocycles. The molecule has 1 fully saturated rings. The fourth-order valence-corrected chi connectivity index (χ4v) is 3.13. The summed E-state index contributed by atoms with van der Waals surface area (Å²) in [6, 6.07) is 3.67. The molecular formula is C17H25NO5. The number of benzene rings is 1. The van der Waals surface area contributed by atoms with E-state index in [9.17, 15) is 4.79 Å². The first kappa shape index (κ1) is 17.4. The fourth-order valence-electron chi connectivity index (χ4n) is 3.13. The topological polar surface area (TPSA) is 57.2 Å². The standard InChI is InChI=1S/C17H25NO5/c1-11(19)23-16-10-18(2)7-6-13(16)17-14(21-4)8-12(20-3)9-15(17)22-5/h8-9,13,16H,6-7,10H2,1-5H3. The van der Waals surface area contributed by atoms with Gasteiger partial charge in [0.05, 0.1) is 21.3 Å². The molecule has 0 bridgehead atoms. The molecule has 0 amide bonds. The molecule has 0 saturated carbocycles. The zero-order valence-corrected chi connectivity index (χ0v) is 14.4. The summed E-state index contributed by atoms with van der Waals surface area (Å²) in [5, 5.41) is 0. The number of nitrogens with zero attached hydrogens (tertiary/aromatic N) is 1. The summed E-state index contributed by atoms with van der Waals surface area (Å²) in [7, 11) is 6.86. The van der Waals surface area contributed by atoms with Gasteiger partial charge in [0.25, 0.3) is 0 Å². The van der Waals surface area contributed by atoms with Crippen molar-refractivity contribution in [2.75, 3.05) is 41.5 Å². The Hall–Kier alpha value is -1.95. The van der Waals surface area contributed by atoms with Gasteiger partial charge in [0.2, 0.25) is 0 Å². The summed E-state index contributed by atoms with van der Waals surface area (Å²) in [6.45, 7) is 3.04. The number of carbonyl (C=O) groups excluding carboxylic acids is 1. The van der Waals surface area contributed by atoms with Crippen LogP contribution in [0.15, 0.2) is 12.1 Å². The minimum atomic E-state index is -0.276. The van der Waals surface area contributed by atoms with Crippen molar-refractivity contribution < 1.29 is 23.7 Å². The quantitative estimate of drug-likeness (QED) is 0.773. The van der Waals surface area contributed by atoms with Crippen LogP contribution in [0.2, 0.25) is 0 Å². The van der Waals surface area contributed by atoms with E-state index in [1.807, 2.05) is 19.2 Å². The number of hydrogen-bond donors (Lipinski definition) is 0. The summed E-state index contributed by atoms with van der Waals surface area (Å²) in [6.07, 6.45) is 0.621. The minimum Gasteiger partial charge on any atom is -0.496 e. The zero-order chi connectivity index (χ0) is 17.0. The summed E-state index contributed by atoms with van der Waals surface area (Å²) in [5.41, 5.74) is 0.926. The summed E-state index contributed by atoms with van der Waals surface area (Å²) in [5.74, 6) is 1.79. The van der Waals surface area contributed by atoms with Crippen LogP contribution in [-0.2, 0) is 9.53 Å². The van der Waals surface area contributed by atoms with E-state index >= 15 is 0 Å². The van der Waals surface area contributed by atoms with Gasteiger partial charge in [-0.25, -0.2) is 0 Å². The molecule has 6 heteroatoms. The molecule has 2 unspecified atom stereocenters. The van der Waals surface area contributed by atoms with Gasteiger partial charge >= 0.3 is 5.97 Å². The van der Waals surface area contributed by atoms with Gasteiger partial charge in [-0.15, -0.1) is 0 Å². The zero-order valence-electron chi connectivity index (χ0n) is 14.4.